The summed E-state index contributed by atoms with van der Waals surface area (Å²) in [7, 11) is 3.37. The molecule has 2 heterocycles. The van der Waals surface area contributed by atoms with Crippen molar-refractivity contribution >= 4 is 35.3 Å². The molecule has 1 aliphatic heterocycles. The monoisotopic (exact) mass is 584 g/mol. The molecular formula is C34H40N4O3S. The maximum atomic E-state index is 9.82. The lowest BCUT2D eigenvalue weighted by atomic mass is 9.82. The molecule has 1 saturated heterocycles. The van der Waals surface area contributed by atoms with Gasteiger partial charge in [-0.1, -0.05) is 32.8 Å². The van der Waals surface area contributed by atoms with Gasteiger partial charge in [0.25, 0.3) is 0 Å². The van der Waals surface area contributed by atoms with Crippen LogP contribution in [0.5, 0.6) is 11.5 Å². The Morgan fingerprint density at radius 3 is 2.02 bits per heavy atom. The van der Waals surface area contributed by atoms with E-state index in [1.54, 1.807) is 25.6 Å². The molecule has 42 heavy (non-hydrogen) atoms. The second kappa shape index (κ2) is 15.2. The zero-order valence-electron chi connectivity index (χ0n) is 25.4. The van der Waals surface area contributed by atoms with Crippen molar-refractivity contribution in [2.75, 3.05) is 32.2 Å². The number of thiophene rings is 1. The van der Waals surface area contributed by atoms with Crippen LogP contribution in [0.15, 0.2) is 41.7 Å². The number of hydrogen-bond donors (Lipinski definition) is 0. The van der Waals surface area contributed by atoms with Crippen LogP contribution in [0, 0.1) is 45.8 Å². The van der Waals surface area contributed by atoms with E-state index < -0.39 is 11.5 Å². The van der Waals surface area contributed by atoms with Crippen LogP contribution < -0.4 is 14.4 Å². The zero-order valence-corrected chi connectivity index (χ0v) is 26.3. The normalized spacial score (nSPS) is 17.5. The number of ether oxygens (including phenoxy) is 3. The Morgan fingerprint density at radius 2 is 1.52 bits per heavy atom. The molecule has 2 aromatic rings. The van der Waals surface area contributed by atoms with E-state index in [1.165, 1.54) is 0 Å². The van der Waals surface area contributed by atoms with E-state index in [2.05, 4.69) is 36.9 Å². The fourth-order valence-electron chi connectivity index (χ4n) is 5.05. The molecule has 1 aromatic carbocycles. The molecule has 0 amide bonds. The van der Waals surface area contributed by atoms with Gasteiger partial charge in [0.05, 0.1) is 25.9 Å². The summed E-state index contributed by atoms with van der Waals surface area (Å²) in [6.07, 6.45) is 12.5. The van der Waals surface area contributed by atoms with Gasteiger partial charge in [-0.15, -0.1) is 11.3 Å². The molecule has 0 saturated carbocycles. The number of benzene rings is 1. The Hall–Kier alpha value is -4.19. The maximum absolute atomic E-state index is 9.82. The Balaban J connectivity index is 1.85. The minimum atomic E-state index is -0.729. The van der Waals surface area contributed by atoms with Crippen LogP contribution in [-0.2, 0) is 4.74 Å². The van der Waals surface area contributed by atoms with Crippen LogP contribution in [0.4, 0.5) is 5.69 Å². The molecule has 8 heteroatoms. The first kappa shape index (κ1) is 32.3. The van der Waals surface area contributed by atoms with E-state index >= 15 is 0 Å². The van der Waals surface area contributed by atoms with Crippen LogP contribution in [-0.4, -0.2) is 32.9 Å². The molecule has 1 fully saturated rings. The fraction of sp³-hybridized carbons (Fsp3) is 0.441. The Kier molecular flexibility index (Phi) is 11.7. The van der Waals surface area contributed by atoms with Crippen LogP contribution in [0.2, 0.25) is 0 Å². The number of anilines is 1. The lowest BCUT2D eigenvalue weighted by Gasteiger charge is -2.26. The van der Waals surface area contributed by atoms with Crippen molar-refractivity contribution in [3.8, 4) is 29.7 Å². The summed E-state index contributed by atoms with van der Waals surface area (Å²) in [5.41, 5.74) is 1.11. The number of nitrogens with zero attached hydrogens (tertiary/aromatic N) is 4. The van der Waals surface area contributed by atoms with Crippen molar-refractivity contribution in [1.82, 2.24) is 0 Å². The standard InChI is InChI=1S/C34H40N4O3S/c1-7-9-17-38(18-10-8-2)25-19-31(39-5)28(32(20-25)40-6)15-13-26-11-12-27(42-26)14-16-30-29(23-37)33(24(21-35)22-36)41-34(30,3)4/h11-16,19-20,29-30H,7-10,17-18H2,1-6H3/b15-13+,16-14+. The second-order valence-electron chi connectivity index (χ2n) is 10.7. The fourth-order valence-corrected chi connectivity index (χ4v) is 5.88. The highest BCUT2D eigenvalue weighted by Crippen LogP contribution is 2.45. The largest absolute Gasteiger partial charge is 0.496 e. The van der Waals surface area contributed by atoms with Crippen LogP contribution >= 0.6 is 11.3 Å². The topological polar surface area (TPSA) is 102 Å². The molecule has 3 rings (SSSR count). The molecule has 220 valence electrons. The van der Waals surface area contributed by atoms with E-state index in [-0.39, 0.29) is 17.3 Å². The van der Waals surface area contributed by atoms with Gasteiger partial charge >= 0.3 is 0 Å². The number of methoxy groups -OCH3 is 2. The summed E-state index contributed by atoms with van der Waals surface area (Å²) < 4.78 is 17.5. The third-order valence-corrected chi connectivity index (χ3v) is 8.43. The highest BCUT2D eigenvalue weighted by Gasteiger charge is 2.47. The van der Waals surface area contributed by atoms with Gasteiger partial charge in [-0.05, 0) is 57.0 Å². The van der Waals surface area contributed by atoms with Crippen LogP contribution in [0.1, 0.15) is 68.7 Å². The summed E-state index contributed by atoms with van der Waals surface area (Å²) in [6, 6.07) is 14.2. The molecule has 0 N–H and O–H groups in total. The lowest BCUT2D eigenvalue weighted by molar-refractivity contribution is 0.0553. The summed E-state index contributed by atoms with van der Waals surface area (Å²) in [6.45, 7) is 10.2. The van der Waals surface area contributed by atoms with E-state index in [1.807, 2.05) is 62.4 Å². The molecule has 0 aliphatic carbocycles. The van der Waals surface area contributed by atoms with Gasteiger partial charge in [0, 0.05) is 46.6 Å². The van der Waals surface area contributed by atoms with Gasteiger partial charge in [-0.3, -0.25) is 0 Å². The molecule has 2 atom stereocenters. The summed E-state index contributed by atoms with van der Waals surface area (Å²) >= 11 is 1.61. The van der Waals surface area contributed by atoms with Gasteiger partial charge in [0.15, 0.2) is 5.57 Å². The number of hydrogen-bond acceptors (Lipinski definition) is 8. The molecule has 0 radical (unpaired) electrons. The Bertz CT molecular complexity index is 1400. The molecule has 0 spiro atoms. The first-order chi connectivity index (χ1) is 20.3. The van der Waals surface area contributed by atoms with Gasteiger partial charge in [-0.25, -0.2) is 0 Å². The molecule has 1 aromatic heterocycles. The molecular weight excluding hydrogens is 544 g/mol. The van der Waals surface area contributed by atoms with Crippen molar-refractivity contribution in [2.45, 2.75) is 59.0 Å². The van der Waals surface area contributed by atoms with Crippen molar-refractivity contribution in [3.05, 3.63) is 57.0 Å². The van der Waals surface area contributed by atoms with Gasteiger partial charge in [0.1, 0.15) is 40.9 Å². The highest BCUT2D eigenvalue weighted by atomic mass is 32.1. The zero-order chi connectivity index (χ0) is 30.7. The molecule has 1 aliphatic rings. The predicted octanol–water partition coefficient (Wildman–Crippen LogP) is 8.22. The molecule has 0 bridgehead atoms. The van der Waals surface area contributed by atoms with Crippen molar-refractivity contribution < 1.29 is 14.2 Å². The van der Waals surface area contributed by atoms with E-state index in [0.29, 0.717) is 0 Å². The SMILES string of the molecule is CCCCN(CCCC)c1cc(OC)c(/C=C/c2ccc(/C=C/C3C(C#N)C(=C(C#N)C#N)OC3(C)C)s2)c(OC)c1. The summed E-state index contributed by atoms with van der Waals surface area (Å²) in [5.74, 6) is 0.674. The van der Waals surface area contributed by atoms with E-state index in [0.717, 1.165) is 71.3 Å². The van der Waals surface area contributed by atoms with Crippen molar-refractivity contribution in [2.24, 2.45) is 11.8 Å². The maximum Gasteiger partial charge on any atom is 0.168 e. The summed E-state index contributed by atoms with van der Waals surface area (Å²) in [4.78, 5) is 4.47. The van der Waals surface area contributed by atoms with Crippen molar-refractivity contribution in [3.63, 3.8) is 0 Å². The number of allylic oxidation sites excluding steroid dienone is 2. The quantitative estimate of drug-likeness (QED) is 0.219. The number of nitriles is 3. The van der Waals surface area contributed by atoms with Gasteiger partial charge < -0.3 is 19.1 Å². The summed E-state index contributed by atoms with van der Waals surface area (Å²) in [5, 5.41) is 28.4. The van der Waals surface area contributed by atoms with E-state index in [4.69, 9.17) is 14.2 Å². The van der Waals surface area contributed by atoms with Gasteiger partial charge in [0.2, 0.25) is 0 Å². The number of unbranched alkanes of at least 4 members (excludes halogenated alkanes) is 2. The van der Waals surface area contributed by atoms with Crippen molar-refractivity contribution in [1.29, 1.82) is 15.8 Å². The average Bonchev–Trinajstić information content (AvgIpc) is 3.55. The Labute approximate surface area is 254 Å². The lowest BCUT2D eigenvalue weighted by Crippen LogP contribution is -2.27. The minimum Gasteiger partial charge on any atom is -0.496 e. The third kappa shape index (κ3) is 7.55. The van der Waals surface area contributed by atoms with Crippen LogP contribution in [0.3, 0.4) is 0 Å². The minimum absolute atomic E-state index is 0.150. The third-order valence-electron chi connectivity index (χ3n) is 7.41. The first-order valence-electron chi connectivity index (χ1n) is 14.4. The first-order valence-corrected chi connectivity index (χ1v) is 15.2. The van der Waals surface area contributed by atoms with Gasteiger partial charge in [-0.2, -0.15) is 15.8 Å². The predicted molar refractivity (Wildman–Crippen MR) is 170 cm³/mol. The highest BCUT2D eigenvalue weighted by molar-refractivity contribution is 7.13. The Morgan fingerprint density at radius 1 is 0.952 bits per heavy atom. The molecule has 2 unspecified atom stereocenters. The van der Waals surface area contributed by atoms with Crippen LogP contribution in [0.25, 0.3) is 18.2 Å². The second-order valence-corrected chi connectivity index (χ2v) is 11.8. The number of rotatable bonds is 13. The van der Waals surface area contributed by atoms with E-state index in [9.17, 15) is 15.8 Å². The molecule has 7 nitrogen and oxygen atoms in total. The average molecular weight is 585 g/mol. The smallest absolute Gasteiger partial charge is 0.168 e.